The molecule has 0 aromatic heterocycles. The van der Waals surface area contributed by atoms with Gasteiger partial charge in [0.05, 0.1) is 12.8 Å². The van der Waals surface area contributed by atoms with E-state index in [-0.39, 0.29) is 37.2 Å². The lowest BCUT2D eigenvalue weighted by atomic mass is 10.2. The van der Waals surface area contributed by atoms with Gasteiger partial charge in [-0.25, -0.2) is 0 Å². The van der Waals surface area contributed by atoms with Crippen LogP contribution in [0.2, 0.25) is 0 Å². The van der Waals surface area contributed by atoms with Crippen LogP contribution in [0, 0.1) is 0 Å². The van der Waals surface area contributed by atoms with Crippen LogP contribution in [-0.4, -0.2) is 51.3 Å². The van der Waals surface area contributed by atoms with Crippen molar-refractivity contribution in [1.29, 1.82) is 0 Å². The smallest absolute Gasteiger partial charge is 0.142 e. The van der Waals surface area contributed by atoms with E-state index in [1.807, 2.05) is 12.1 Å². The van der Waals surface area contributed by atoms with Gasteiger partial charge in [-0.1, -0.05) is 12.1 Å². The van der Waals surface area contributed by atoms with E-state index in [0.717, 1.165) is 51.4 Å². The van der Waals surface area contributed by atoms with Crippen LogP contribution in [0.5, 0.6) is 5.75 Å². The molecule has 1 heterocycles. The molecule has 124 valence electrons. The van der Waals surface area contributed by atoms with Gasteiger partial charge in [0.15, 0.2) is 0 Å². The number of para-hydroxylation sites is 2. The molecule has 4 nitrogen and oxygen atoms in total. The van der Waals surface area contributed by atoms with Crippen molar-refractivity contribution in [3.8, 4) is 5.75 Å². The summed E-state index contributed by atoms with van der Waals surface area (Å²) in [6.45, 7) is 6.25. The Kier molecular flexibility index (Phi) is 13.3. The van der Waals surface area contributed by atoms with Crippen LogP contribution in [0.4, 0.5) is 5.69 Å². The summed E-state index contributed by atoms with van der Waals surface area (Å²) in [5.41, 5.74) is 6.76. The van der Waals surface area contributed by atoms with Gasteiger partial charge in [0, 0.05) is 26.2 Å². The third-order valence-corrected chi connectivity index (χ3v) is 3.48. The second-order valence-corrected chi connectivity index (χ2v) is 4.64. The number of ether oxygens (including phenoxy) is 1. The quantitative estimate of drug-likeness (QED) is 0.878. The van der Waals surface area contributed by atoms with Crippen molar-refractivity contribution >= 4 is 42.9 Å². The molecule has 0 bridgehead atoms. The summed E-state index contributed by atoms with van der Waals surface area (Å²) in [6, 6.07) is 8.24. The number of methoxy groups -OCH3 is 1. The predicted octanol–water partition coefficient (Wildman–Crippen LogP) is 2.43. The molecule has 2 N–H and O–H groups in total. The van der Waals surface area contributed by atoms with Gasteiger partial charge in [-0.2, -0.15) is 0 Å². The Labute approximate surface area is 146 Å². The van der Waals surface area contributed by atoms with Gasteiger partial charge < -0.3 is 15.4 Å². The van der Waals surface area contributed by atoms with Gasteiger partial charge in [-0.05, 0) is 31.6 Å². The van der Waals surface area contributed by atoms with Crippen LogP contribution in [0.15, 0.2) is 24.3 Å². The van der Waals surface area contributed by atoms with Gasteiger partial charge in [-0.15, -0.1) is 37.2 Å². The lowest BCUT2D eigenvalue weighted by Crippen LogP contribution is -2.47. The number of nitrogens with zero attached hydrogens (tertiary/aromatic N) is 2. The Morgan fingerprint density at radius 2 is 1.67 bits per heavy atom. The molecule has 0 saturated carbocycles. The molecule has 0 aliphatic carbocycles. The summed E-state index contributed by atoms with van der Waals surface area (Å²) < 4.78 is 5.42. The van der Waals surface area contributed by atoms with Gasteiger partial charge >= 0.3 is 0 Å². The third kappa shape index (κ3) is 6.49. The minimum atomic E-state index is 0. The van der Waals surface area contributed by atoms with Crippen LogP contribution in [-0.2, 0) is 0 Å². The van der Waals surface area contributed by atoms with E-state index < -0.39 is 0 Å². The molecule has 7 heteroatoms. The summed E-state index contributed by atoms with van der Waals surface area (Å²) in [6.07, 6.45) is 1.09. The molecule has 0 amide bonds. The molecule has 0 radical (unpaired) electrons. The van der Waals surface area contributed by atoms with Crippen LogP contribution in [0.25, 0.3) is 0 Å². The zero-order valence-corrected chi connectivity index (χ0v) is 14.8. The average molecular weight is 359 g/mol. The molecule has 21 heavy (non-hydrogen) atoms. The second-order valence-electron chi connectivity index (χ2n) is 4.64. The molecule has 0 atom stereocenters. The monoisotopic (exact) mass is 357 g/mol. The maximum absolute atomic E-state index is 5.55. The molecule has 2 rings (SSSR count). The van der Waals surface area contributed by atoms with Crippen molar-refractivity contribution in [3.63, 3.8) is 0 Å². The van der Waals surface area contributed by atoms with Crippen molar-refractivity contribution in [2.45, 2.75) is 6.42 Å². The zero-order chi connectivity index (χ0) is 12.8. The van der Waals surface area contributed by atoms with E-state index in [2.05, 4.69) is 21.9 Å². The lowest BCUT2D eigenvalue weighted by molar-refractivity contribution is 0.255. The summed E-state index contributed by atoms with van der Waals surface area (Å²) in [7, 11) is 1.73. The van der Waals surface area contributed by atoms with E-state index in [4.69, 9.17) is 10.5 Å². The summed E-state index contributed by atoms with van der Waals surface area (Å²) in [5, 5.41) is 0. The van der Waals surface area contributed by atoms with Gasteiger partial charge in [0.25, 0.3) is 0 Å². The fourth-order valence-corrected chi connectivity index (χ4v) is 2.42. The first kappa shape index (κ1) is 22.9. The number of rotatable bonds is 5. The Bertz CT molecular complexity index is 374. The molecule has 1 fully saturated rings. The first-order valence-electron chi connectivity index (χ1n) is 6.65. The molecule has 0 spiro atoms. The fourth-order valence-electron chi connectivity index (χ4n) is 2.42. The number of halogens is 3. The highest BCUT2D eigenvalue weighted by molar-refractivity contribution is 5.86. The second kappa shape index (κ2) is 12.2. The van der Waals surface area contributed by atoms with E-state index >= 15 is 0 Å². The van der Waals surface area contributed by atoms with Gasteiger partial charge in [-0.3, -0.25) is 4.90 Å². The molecule has 1 aromatic carbocycles. The third-order valence-electron chi connectivity index (χ3n) is 3.48. The number of piperazine rings is 1. The van der Waals surface area contributed by atoms with Crippen LogP contribution < -0.4 is 15.4 Å². The SMILES string of the molecule is COc1ccccc1N1CCN(CCCN)CC1.Cl.Cl.Cl. The van der Waals surface area contributed by atoms with Crippen LogP contribution >= 0.6 is 37.2 Å². The number of benzene rings is 1. The fraction of sp³-hybridized carbons (Fsp3) is 0.571. The summed E-state index contributed by atoms with van der Waals surface area (Å²) in [4.78, 5) is 4.89. The number of anilines is 1. The van der Waals surface area contributed by atoms with Crippen molar-refractivity contribution in [3.05, 3.63) is 24.3 Å². The lowest BCUT2D eigenvalue weighted by Gasteiger charge is -2.36. The Balaban J connectivity index is 0. The number of hydrogen-bond acceptors (Lipinski definition) is 4. The van der Waals surface area contributed by atoms with Crippen molar-refractivity contribution < 1.29 is 4.74 Å². The Morgan fingerprint density at radius 3 is 2.24 bits per heavy atom. The van der Waals surface area contributed by atoms with E-state index in [1.165, 1.54) is 5.69 Å². The Morgan fingerprint density at radius 1 is 1.05 bits per heavy atom. The molecular weight excluding hydrogens is 333 g/mol. The number of nitrogens with two attached hydrogens (primary N) is 1. The molecule has 1 aliphatic rings. The Hall–Kier alpha value is -0.390. The zero-order valence-electron chi connectivity index (χ0n) is 12.4. The first-order valence-corrected chi connectivity index (χ1v) is 6.65. The highest BCUT2D eigenvalue weighted by Crippen LogP contribution is 2.28. The minimum Gasteiger partial charge on any atom is -0.495 e. The average Bonchev–Trinajstić information content (AvgIpc) is 2.45. The van der Waals surface area contributed by atoms with Crippen molar-refractivity contribution in [2.75, 3.05) is 51.3 Å². The molecule has 1 aliphatic heterocycles. The topological polar surface area (TPSA) is 41.7 Å². The van der Waals surface area contributed by atoms with Crippen molar-refractivity contribution in [1.82, 2.24) is 4.90 Å². The van der Waals surface area contributed by atoms with E-state index in [0.29, 0.717) is 0 Å². The number of hydrogen-bond donors (Lipinski definition) is 1. The first-order chi connectivity index (χ1) is 8.85. The predicted molar refractivity (Wildman–Crippen MR) is 97.1 cm³/mol. The molecule has 1 aromatic rings. The summed E-state index contributed by atoms with van der Waals surface area (Å²) in [5.74, 6) is 0.966. The summed E-state index contributed by atoms with van der Waals surface area (Å²) >= 11 is 0. The van der Waals surface area contributed by atoms with E-state index in [1.54, 1.807) is 7.11 Å². The highest BCUT2D eigenvalue weighted by Gasteiger charge is 2.18. The largest absolute Gasteiger partial charge is 0.495 e. The standard InChI is InChI=1S/C14H23N3O.3ClH/c1-18-14-6-3-2-5-13(14)17-11-9-16(10-12-17)8-4-7-15;;;/h2-3,5-6H,4,7-12,15H2,1H3;3*1H. The van der Waals surface area contributed by atoms with E-state index in [9.17, 15) is 0 Å². The van der Waals surface area contributed by atoms with Crippen LogP contribution in [0.1, 0.15) is 6.42 Å². The molecule has 1 saturated heterocycles. The van der Waals surface area contributed by atoms with Crippen LogP contribution in [0.3, 0.4) is 0 Å². The minimum absolute atomic E-state index is 0. The van der Waals surface area contributed by atoms with Gasteiger partial charge in [0.1, 0.15) is 5.75 Å². The highest BCUT2D eigenvalue weighted by atomic mass is 35.5. The maximum Gasteiger partial charge on any atom is 0.142 e. The molecular formula is C14H26Cl3N3O. The van der Waals surface area contributed by atoms with Crippen molar-refractivity contribution in [2.24, 2.45) is 5.73 Å². The molecule has 0 unspecified atom stereocenters. The maximum atomic E-state index is 5.55. The normalized spacial score (nSPS) is 14.5. The van der Waals surface area contributed by atoms with Gasteiger partial charge in [0.2, 0.25) is 0 Å².